The first kappa shape index (κ1) is 18.2. The lowest BCUT2D eigenvalue weighted by atomic mass is 9.84. The van der Waals surface area contributed by atoms with Crippen molar-refractivity contribution in [3.8, 4) is 0 Å². The van der Waals surface area contributed by atoms with Crippen LogP contribution >= 0.6 is 0 Å². The highest BCUT2D eigenvalue weighted by Crippen LogP contribution is 2.26. The molecule has 1 aliphatic carbocycles. The molecule has 0 bridgehead atoms. The second kappa shape index (κ2) is 7.12. The molecule has 8 nitrogen and oxygen atoms in total. The minimum absolute atomic E-state index is 0.174. The number of carbonyl (C=O) groups is 2. The molecule has 2 unspecified atom stereocenters. The topological polar surface area (TPSA) is 124 Å². The summed E-state index contributed by atoms with van der Waals surface area (Å²) in [5, 5.41) is 25.6. The van der Waals surface area contributed by atoms with E-state index in [-0.39, 0.29) is 11.1 Å². The van der Waals surface area contributed by atoms with Crippen molar-refractivity contribution in [2.24, 2.45) is 5.92 Å². The van der Waals surface area contributed by atoms with Crippen LogP contribution in [0.25, 0.3) is 16.4 Å². The Hall–Kier alpha value is -3.13. The first-order chi connectivity index (χ1) is 13.5. The summed E-state index contributed by atoms with van der Waals surface area (Å²) in [4.78, 5) is 37.1. The van der Waals surface area contributed by atoms with Gasteiger partial charge in [0.25, 0.3) is 11.5 Å². The number of amides is 1. The molecule has 0 saturated heterocycles. The number of rotatable bonds is 4. The maximum absolute atomic E-state index is 12.9. The number of aromatic amines is 1. The number of carboxylic acids is 1. The number of aliphatic hydroxyl groups is 1. The molecule has 1 aromatic carbocycles. The number of nitrogens with zero attached hydrogens (tertiary/aromatic N) is 1. The molecule has 1 amide bonds. The number of hydrogen-bond acceptors (Lipinski definition) is 4. The number of aromatic nitrogens is 2. The molecular formula is C20H21N3O5. The smallest absolute Gasteiger partial charge is 0.308 e. The Balaban J connectivity index is 1.78. The van der Waals surface area contributed by atoms with Gasteiger partial charge in [0, 0.05) is 17.0 Å². The summed E-state index contributed by atoms with van der Waals surface area (Å²) in [6.07, 6.45) is 2.66. The highest BCUT2D eigenvalue weighted by molar-refractivity contribution is 5.99. The maximum atomic E-state index is 12.9. The zero-order chi connectivity index (χ0) is 19.8. The number of H-pyrrole nitrogens is 1. The fourth-order valence-corrected chi connectivity index (χ4v) is 4.16. The standard InChI is InChI=1S/C20H21N3O5/c24-10-13-16-9-11-5-1-4-8-15(11)23(16)22-19(26)17(13)18(25)21-14-7-3-2-6-12(14)20(27)28/h1,4-5,8-9,12,14,24H,2-3,6-7,10H2,(H,21,25)(H,22,26)(H,27,28). The second-order valence-corrected chi connectivity index (χ2v) is 7.19. The van der Waals surface area contributed by atoms with Crippen LogP contribution in [0.3, 0.4) is 0 Å². The summed E-state index contributed by atoms with van der Waals surface area (Å²) < 4.78 is 1.56. The van der Waals surface area contributed by atoms with E-state index in [0.29, 0.717) is 18.4 Å². The minimum atomic E-state index is -0.949. The highest BCUT2D eigenvalue weighted by Gasteiger charge is 2.33. The Morgan fingerprint density at radius 1 is 1.18 bits per heavy atom. The summed E-state index contributed by atoms with van der Waals surface area (Å²) in [6, 6.07) is 8.67. The fraction of sp³-hybridized carbons (Fsp3) is 0.350. The van der Waals surface area contributed by atoms with Gasteiger partial charge < -0.3 is 15.5 Å². The van der Waals surface area contributed by atoms with Crippen molar-refractivity contribution >= 4 is 28.3 Å². The van der Waals surface area contributed by atoms with Gasteiger partial charge in [0.1, 0.15) is 5.56 Å². The zero-order valence-electron chi connectivity index (χ0n) is 15.1. The molecule has 2 heterocycles. The molecule has 8 heteroatoms. The number of carboxylic acid groups (broad SMARTS) is 1. The van der Waals surface area contributed by atoms with Gasteiger partial charge in [-0.2, -0.15) is 0 Å². The van der Waals surface area contributed by atoms with Crippen LogP contribution in [0.1, 0.15) is 41.6 Å². The quantitative estimate of drug-likeness (QED) is 0.545. The first-order valence-corrected chi connectivity index (χ1v) is 9.31. The van der Waals surface area contributed by atoms with Gasteiger partial charge in [-0.15, -0.1) is 0 Å². The molecule has 1 fully saturated rings. The number of aliphatic carboxylic acids is 1. The molecule has 2 atom stereocenters. The van der Waals surface area contributed by atoms with Gasteiger partial charge in [-0.1, -0.05) is 31.0 Å². The van der Waals surface area contributed by atoms with Crippen molar-refractivity contribution in [2.75, 3.05) is 0 Å². The van der Waals surface area contributed by atoms with Crippen LogP contribution in [-0.2, 0) is 11.4 Å². The third kappa shape index (κ3) is 2.95. The summed E-state index contributed by atoms with van der Waals surface area (Å²) in [6.45, 7) is -0.487. The van der Waals surface area contributed by atoms with E-state index in [0.717, 1.165) is 23.7 Å². The molecule has 4 N–H and O–H groups in total. The Labute approximate surface area is 159 Å². The summed E-state index contributed by atoms with van der Waals surface area (Å²) >= 11 is 0. The van der Waals surface area contributed by atoms with Crippen LogP contribution in [0, 0.1) is 5.92 Å². The number of carbonyl (C=O) groups excluding carboxylic acids is 1. The summed E-state index contributed by atoms with van der Waals surface area (Å²) in [5.41, 5.74) is 0.715. The molecular weight excluding hydrogens is 362 g/mol. The maximum Gasteiger partial charge on any atom is 0.308 e. The van der Waals surface area contributed by atoms with Crippen molar-refractivity contribution in [1.29, 1.82) is 0 Å². The third-order valence-electron chi connectivity index (χ3n) is 5.55. The number of fused-ring (bicyclic) bond motifs is 3. The summed E-state index contributed by atoms with van der Waals surface area (Å²) in [7, 11) is 0. The van der Waals surface area contributed by atoms with Crippen LogP contribution in [0.4, 0.5) is 0 Å². The van der Waals surface area contributed by atoms with Gasteiger partial charge in [0.2, 0.25) is 0 Å². The lowest BCUT2D eigenvalue weighted by molar-refractivity contribution is -0.143. The molecule has 1 saturated carbocycles. The lowest BCUT2D eigenvalue weighted by Gasteiger charge is -2.29. The number of benzene rings is 1. The summed E-state index contributed by atoms with van der Waals surface area (Å²) in [5.74, 6) is -2.28. The van der Waals surface area contributed by atoms with Crippen LogP contribution in [0.2, 0.25) is 0 Å². The van der Waals surface area contributed by atoms with Gasteiger partial charge in [-0.05, 0) is 25.0 Å². The number of aliphatic hydroxyl groups excluding tert-OH is 1. The SMILES string of the molecule is O=C(NC1CCCCC1C(=O)O)c1c(CO)c2cc3ccccc3n2[nH]c1=O. The first-order valence-electron chi connectivity index (χ1n) is 9.31. The molecule has 0 radical (unpaired) electrons. The van der Waals surface area contributed by atoms with Crippen molar-refractivity contribution in [3.05, 3.63) is 51.8 Å². The molecule has 0 spiro atoms. The molecule has 1 aliphatic rings. The van der Waals surface area contributed by atoms with Crippen molar-refractivity contribution in [1.82, 2.24) is 14.9 Å². The predicted molar refractivity (Wildman–Crippen MR) is 102 cm³/mol. The Kier molecular flexibility index (Phi) is 4.64. The van der Waals surface area contributed by atoms with Gasteiger partial charge >= 0.3 is 5.97 Å². The van der Waals surface area contributed by atoms with Crippen LogP contribution in [-0.4, -0.2) is 37.7 Å². The van der Waals surface area contributed by atoms with E-state index >= 15 is 0 Å². The average molecular weight is 383 g/mol. The highest BCUT2D eigenvalue weighted by atomic mass is 16.4. The largest absolute Gasteiger partial charge is 0.481 e. The van der Waals surface area contributed by atoms with Gasteiger partial charge in [-0.3, -0.25) is 24.0 Å². The fourth-order valence-electron chi connectivity index (χ4n) is 4.16. The molecule has 28 heavy (non-hydrogen) atoms. The molecule has 3 aromatic rings. The van der Waals surface area contributed by atoms with Gasteiger partial charge in [0.05, 0.1) is 23.6 Å². The molecule has 146 valence electrons. The molecule has 2 aromatic heterocycles. The van der Waals surface area contributed by atoms with Crippen molar-refractivity contribution in [2.45, 2.75) is 38.3 Å². The van der Waals surface area contributed by atoms with E-state index in [1.54, 1.807) is 10.6 Å². The predicted octanol–water partition coefficient (Wildman–Crippen LogP) is 1.65. The zero-order valence-corrected chi connectivity index (χ0v) is 15.1. The van der Waals surface area contributed by atoms with Crippen LogP contribution in [0.5, 0.6) is 0 Å². The average Bonchev–Trinajstić information content (AvgIpc) is 3.05. The Bertz CT molecular complexity index is 1130. The third-order valence-corrected chi connectivity index (χ3v) is 5.55. The van der Waals surface area contributed by atoms with Crippen molar-refractivity contribution in [3.63, 3.8) is 0 Å². The van der Waals surface area contributed by atoms with E-state index in [1.807, 2.05) is 24.3 Å². The van der Waals surface area contributed by atoms with Crippen LogP contribution in [0.15, 0.2) is 35.1 Å². The number of para-hydroxylation sites is 1. The van der Waals surface area contributed by atoms with E-state index in [4.69, 9.17) is 0 Å². The minimum Gasteiger partial charge on any atom is -0.481 e. The van der Waals surface area contributed by atoms with E-state index in [9.17, 15) is 24.6 Å². The number of nitrogens with one attached hydrogen (secondary N) is 2. The monoisotopic (exact) mass is 383 g/mol. The number of hydrogen-bond donors (Lipinski definition) is 4. The second-order valence-electron chi connectivity index (χ2n) is 7.19. The molecule has 4 rings (SSSR count). The lowest BCUT2D eigenvalue weighted by Crippen LogP contribution is -2.46. The van der Waals surface area contributed by atoms with Gasteiger partial charge in [0.15, 0.2) is 0 Å². The normalized spacial score (nSPS) is 19.8. The van der Waals surface area contributed by atoms with Gasteiger partial charge in [-0.25, -0.2) is 0 Å². The van der Waals surface area contributed by atoms with Crippen LogP contribution < -0.4 is 10.9 Å². The van der Waals surface area contributed by atoms with E-state index < -0.39 is 36.0 Å². The Morgan fingerprint density at radius 2 is 1.93 bits per heavy atom. The van der Waals surface area contributed by atoms with E-state index in [2.05, 4.69) is 10.4 Å². The molecule has 0 aliphatic heterocycles. The van der Waals surface area contributed by atoms with Crippen molar-refractivity contribution < 1.29 is 19.8 Å². The van der Waals surface area contributed by atoms with E-state index in [1.165, 1.54) is 0 Å². The Morgan fingerprint density at radius 3 is 2.68 bits per heavy atom.